The lowest BCUT2D eigenvalue weighted by atomic mass is 9.95. The minimum Gasteiger partial charge on any atom is -0.493 e. The molecule has 0 bridgehead atoms. The van der Waals surface area contributed by atoms with Gasteiger partial charge in [0.25, 0.3) is 5.91 Å². The van der Waals surface area contributed by atoms with Gasteiger partial charge in [0, 0.05) is 31.1 Å². The summed E-state index contributed by atoms with van der Waals surface area (Å²) in [4.78, 5) is 28.4. The van der Waals surface area contributed by atoms with E-state index in [1.165, 1.54) is 0 Å². The van der Waals surface area contributed by atoms with E-state index in [4.69, 9.17) is 25.8 Å². The van der Waals surface area contributed by atoms with E-state index in [0.29, 0.717) is 52.8 Å². The molecule has 0 fully saturated rings. The molecule has 194 valence electrons. The van der Waals surface area contributed by atoms with Gasteiger partial charge in [-0.15, -0.1) is 11.6 Å². The molecule has 1 N–H and O–H groups in total. The lowest BCUT2D eigenvalue weighted by Gasteiger charge is -2.20. The lowest BCUT2D eigenvalue weighted by molar-refractivity contribution is 0.0935. The topological polar surface area (TPSA) is 77.1 Å². The van der Waals surface area contributed by atoms with Crippen LogP contribution in [0.2, 0.25) is 0 Å². The van der Waals surface area contributed by atoms with Crippen LogP contribution in [0.15, 0.2) is 53.3 Å². The zero-order chi connectivity index (χ0) is 26.7. The zero-order valence-corrected chi connectivity index (χ0v) is 22.4. The zero-order valence-electron chi connectivity index (χ0n) is 21.7. The number of fused-ring (bicyclic) bond motifs is 3. The molecule has 7 nitrogen and oxygen atoms in total. The van der Waals surface area contributed by atoms with Crippen molar-refractivity contribution in [2.75, 3.05) is 40.3 Å². The van der Waals surface area contributed by atoms with Gasteiger partial charge in [-0.3, -0.25) is 9.59 Å². The number of anilines is 1. The van der Waals surface area contributed by atoms with Gasteiger partial charge in [-0.1, -0.05) is 18.2 Å². The smallest absolute Gasteiger partial charge is 0.251 e. The van der Waals surface area contributed by atoms with E-state index in [9.17, 15) is 9.59 Å². The summed E-state index contributed by atoms with van der Waals surface area (Å²) in [5, 5.41) is 3.16. The molecule has 37 heavy (non-hydrogen) atoms. The summed E-state index contributed by atoms with van der Waals surface area (Å²) >= 11 is 5.98. The number of amides is 1. The monoisotopic (exact) mass is 522 g/mol. The van der Waals surface area contributed by atoms with Crippen LogP contribution in [0.1, 0.15) is 39.5 Å². The number of methoxy groups -OCH3 is 3. The van der Waals surface area contributed by atoms with E-state index >= 15 is 0 Å². The van der Waals surface area contributed by atoms with Crippen LogP contribution >= 0.6 is 11.6 Å². The number of benzene rings is 2. The van der Waals surface area contributed by atoms with Crippen LogP contribution in [0.5, 0.6) is 17.2 Å². The Kier molecular flexibility index (Phi) is 7.93. The largest absolute Gasteiger partial charge is 0.493 e. The van der Waals surface area contributed by atoms with Crippen molar-refractivity contribution in [3.05, 3.63) is 81.0 Å². The van der Waals surface area contributed by atoms with Crippen LogP contribution in [-0.2, 0) is 12.3 Å². The maximum absolute atomic E-state index is 13.3. The molecule has 0 heterocycles. The fourth-order valence-corrected chi connectivity index (χ4v) is 5.03. The number of aryl methyl sites for hydroxylation is 1. The van der Waals surface area contributed by atoms with Gasteiger partial charge in [0.1, 0.15) is 0 Å². The third kappa shape index (κ3) is 5.09. The van der Waals surface area contributed by atoms with Crippen molar-refractivity contribution in [2.24, 2.45) is 0 Å². The van der Waals surface area contributed by atoms with E-state index in [0.717, 1.165) is 22.3 Å². The molecule has 8 heteroatoms. The van der Waals surface area contributed by atoms with Gasteiger partial charge in [0.05, 0.1) is 33.1 Å². The molecular formula is C29H31ClN2O5. The van der Waals surface area contributed by atoms with Crippen molar-refractivity contribution >= 4 is 23.2 Å². The van der Waals surface area contributed by atoms with Crippen molar-refractivity contribution in [2.45, 2.75) is 24.8 Å². The van der Waals surface area contributed by atoms with Crippen LogP contribution in [0.4, 0.5) is 5.69 Å². The minimum absolute atomic E-state index is 0.141. The van der Waals surface area contributed by atoms with Crippen LogP contribution in [0.25, 0.3) is 11.1 Å². The summed E-state index contributed by atoms with van der Waals surface area (Å²) < 4.78 is 17.1. The Morgan fingerprint density at radius 3 is 2.43 bits per heavy atom. The molecule has 1 unspecified atom stereocenters. The number of hydrogen-bond donors (Lipinski definition) is 1. The molecule has 0 spiro atoms. The predicted octanol–water partition coefficient (Wildman–Crippen LogP) is 4.96. The van der Waals surface area contributed by atoms with E-state index in [2.05, 4.69) is 5.32 Å². The molecule has 1 aliphatic carbocycles. The molecular weight excluding hydrogens is 492 g/mol. The Balaban J connectivity index is 1.93. The fourth-order valence-electron chi connectivity index (χ4n) is 4.86. The predicted molar refractivity (Wildman–Crippen MR) is 147 cm³/mol. The van der Waals surface area contributed by atoms with Crippen LogP contribution in [0, 0.1) is 0 Å². The average molecular weight is 523 g/mol. The highest BCUT2D eigenvalue weighted by Gasteiger charge is 2.30. The fraction of sp³-hybridized carbons (Fsp3) is 0.310. The molecule has 1 amide bonds. The molecule has 3 aromatic carbocycles. The third-order valence-corrected chi connectivity index (χ3v) is 6.96. The first-order valence-corrected chi connectivity index (χ1v) is 12.5. The van der Waals surface area contributed by atoms with Crippen molar-refractivity contribution in [3.63, 3.8) is 0 Å². The van der Waals surface area contributed by atoms with Gasteiger partial charge in [-0.25, -0.2) is 0 Å². The highest BCUT2D eigenvalue weighted by molar-refractivity contribution is 6.17. The quantitative estimate of drug-likeness (QED) is 0.442. The normalized spacial score (nSPS) is 14.1. The van der Waals surface area contributed by atoms with Gasteiger partial charge < -0.3 is 24.4 Å². The molecule has 1 aliphatic rings. The summed E-state index contributed by atoms with van der Waals surface area (Å²) in [6.07, 6.45) is 1.19. The number of hydrogen-bond acceptors (Lipinski definition) is 6. The minimum atomic E-state index is -0.425. The standard InChI is InChI=1S/C29H31ClN2O5/c1-32(2)23-12-10-20-21(15-24(23)33)22(31-29(34)19-8-6-7-17(13-19)16-30)11-9-18-14-25(35-3)27(36-4)28(37-5)26(18)20/h6-8,10,12-15,22H,9,11,16H2,1-5H3,(H,31,34). The van der Waals surface area contributed by atoms with E-state index in [-0.39, 0.29) is 11.3 Å². The van der Waals surface area contributed by atoms with E-state index < -0.39 is 6.04 Å². The van der Waals surface area contributed by atoms with Gasteiger partial charge in [-0.05, 0) is 65.4 Å². The second-order valence-electron chi connectivity index (χ2n) is 9.07. The Morgan fingerprint density at radius 1 is 1.03 bits per heavy atom. The number of alkyl halides is 1. The number of rotatable bonds is 7. The second-order valence-corrected chi connectivity index (χ2v) is 9.34. The highest BCUT2D eigenvalue weighted by Crippen LogP contribution is 2.50. The van der Waals surface area contributed by atoms with Crippen LogP contribution in [0.3, 0.4) is 0 Å². The second kappa shape index (κ2) is 11.1. The summed E-state index contributed by atoms with van der Waals surface area (Å²) in [7, 11) is 8.38. The van der Waals surface area contributed by atoms with Crippen LogP contribution < -0.4 is 29.9 Å². The van der Waals surface area contributed by atoms with Gasteiger partial charge >= 0.3 is 0 Å². The Bertz CT molecular complexity index is 1390. The number of nitrogens with zero attached hydrogens (tertiary/aromatic N) is 1. The van der Waals surface area contributed by atoms with Crippen molar-refractivity contribution in [1.82, 2.24) is 5.32 Å². The molecule has 0 saturated carbocycles. The van der Waals surface area contributed by atoms with Crippen molar-refractivity contribution < 1.29 is 19.0 Å². The average Bonchev–Trinajstić information content (AvgIpc) is 3.16. The number of halogens is 1. The lowest BCUT2D eigenvalue weighted by Crippen LogP contribution is -2.29. The van der Waals surface area contributed by atoms with E-state index in [1.54, 1.807) is 50.5 Å². The van der Waals surface area contributed by atoms with Crippen molar-refractivity contribution in [3.8, 4) is 28.4 Å². The number of carbonyl (C=O) groups is 1. The number of ether oxygens (including phenoxy) is 3. The molecule has 1 atom stereocenters. The maximum atomic E-state index is 13.3. The SMILES string of the molecule is COc1cc2c(c(OC)c1OC)-c1ccc(N(C)C)c(=O)cc1C(NC(=O)c1cccc(CCl)c1)CC2. The third-order valence-electron chi connectivity index (χ3n) is 6.65. The molecule has 0 radical (unpaired) electrons. The van der Waals surface area contributed by atoms with Crippen LogP contribution in [-0.4, -0.2) is 41.3 Å². The molecule has 4 rings (SSSR count). The Morgan fingerprint density at radius 2 is 1.78 bits per heavy atom. The number of nitrogens with one attached hydrogen (secondary N) is 1. The number of carbonyl (C=O) groups excluding carboxylic acids is 1. The Labute approximate surface area is 221 Å². The van der Waals surface area contributed by atoms with E-state index in [1.807, 2.05) is 38.4 Å². The molecule has 3 aromatic rings. The summed E-state index contributed by atoms with van der Waals surface area (Å²) in [6, 6.07) is 14.1. The molecule has 0 aromatic heterocycles. The summed E-state index contributed by atoms with van der Waals surface area (Å²) in [5.74, 6) is 1.62. The van der Waals surface area contributed by atoms with Gasteiger partial charge in [0.15, 0.2) is 11.5 Å². The summed E-state index contributed by atoms with van der Waals surface area (Å²) in [5.41, 5.74) is 5.05. The Hall–Kier alpha value is -3.71. The van der Waals surface area contributed by atoms with Crippen molar-refractivity contribution in [1.29, 1.82) is 0 Å². The summed E-state index contributed by atoms with van der Waals surface area (Å²) in [6.45, 7) is 0. The highest BCUT2D eigenvalue weighted by atomic mass is 35.5. The first-order valence-electron chi connectivity index (χ1n) is 12.0. The van der Waals surface area contributed by atoms with Gasteiger partial charge in [0.2, 0.25) is 11.2 Å². The molecule has 0 saturated heterocycles. The van der Waals surface area contributed by atoms with Gasteiger partial charge in [-0.2, -0.15) is 0 Å². The molecule has 0 aliphatic heterocycles. The first kappa shape index (κ1) is 26.4. The first-order chi connectivity index (χ1) is 17.8. The maximum Gasteiger partial charge on any atom is 0.251 e.